The Morgan fingerprint density at radius 2 is 1.50 bits per heavy atom. The number of rotatable bonds is 2. The SMILES string of the molecule is NCc1cc(-c2ccc(F)c(F)c2F)ccc1F. The third kappa shape index (κ3) is 2.09. The van der Waals surface area contributed by atoms with Gasteiger partial charge < -0.3 is 5.73 Å². The molecule has 0 spiro atoms. The molecule has 0 heterocycles. The van der Waals surface area contributed by atoms with Crippen LogP contribution in [0.2, 0.25) is 0 Å². The summed E-state index contributed by atoms with van der Waals surface area (Å²) in [6.45, 7) is -0.0645. The molecule has 94 valence electrons. The van der Waals surface area contributed by atoms with Crippen LogP contribution in [0.1, 0.15) is 5.56 Å². The van der Waals surface area contributed by atoms with Gasteiger partial charge in [-0.3, -0.25) is 0 Å². The van der Waals surface area contributed by atoms with Crippen LogP contribution in [0.25, 0.3) is 11.1 Å². The second kappa shape index (κ2) is 4.78. The van der Waals surface area contributed by atoms with E-state index in [1.807, 2.05) is 0 Å². The third-order valence-electron chi connectivity index (χ3n) is 2.61. The highest BCUT2D eigenvalue weighted by atomic mass is 19.2. The summed E-state index contributed by atoms with van der Waals surface area (Å²) in [5.41, 5.74) is 5.61. The minimum absolute atomic E-state index is 0.0645. The first-order valence-corrected chi connectivity index (χ1v) is 5.17. The highest BCUT2D eigenvalue weighted by Gasteiger charge is 2.15. The van der Waals surface area contributed by atoms with Gasteiger partial charge in [0, 0.05) is 17.7 Å². The number of hydrogen-bond donors (Lipinski definition) is 1. The Kier molecular flexibility index (Phi) is 3.34. The Morgan fingerprint density at radius 3 is 2.17 bits per heavy atom. The maximum atomic E-state index is 13.5. The summed E-state index contributed by atoms with van der Waals surface area (Å²) < 4.78 is 52.6. The first-order valence-electron chi connectivity index (χ1n) is 5.17. The second-order valence-electron chi connectivity index (χ2n) is 3.73. The minimum Gasteiger partial charge on any atom is -0.326 e. The molecule has 0 saturated heterocycles. The van der Waals surface area contributed by atoms with E-state index in [1.54, 1.807) is 0 Å². The molecule has 0 aliphatic carbocycles. The molecule has 0 amide bonds. The molecule has 0 aromatic heterocycles. The van der Waals surface area contributed by atoms with Crippen molar-refractivity contribution >= 4 is 0 Å². The Morgan fingerprint density at radius 1 is 0.833 bits per heavy atom. The fourth-order valence-electron chi connectivity index (χ4n) is 1.65. The van der Waals surface area contributed by atoms with Crippen LogP contribution in [0.3, 0.4) is 0 Å². The number of hydrogen-bond acceptors (Lipinski definition) is 1. The van der Waals surface area contributed by atoms with Crippen molar-refractivity contribution < 1.29 is 17.6 Å². The van der Waals surface area contributed by atoms with Gasteiger partial charge in [0.05, 0.1) is 0 Å². The molecule has 0 atom stereocenters. The van der Waals surface area contributed by atoms with E-state index in [2.05, 4.69) is 0 Å². The van der Waals surface area contributed by atoms with Crippen molar-refractivity contribution in [3.8, 4) is 11.1 Å². The first-order chi connectivity index (χ1) is 8.54. The van der Waals surface area contributed by atoms with Crippen LogP contribution in [-0.2, 0) is 6.54 Å². The first kappa shape index (κ1) is 12.6. The van der Waals surface area contributed by atoms with Gasteiger partial charge in [-0.05, 0) is 29.8 Å². The predicted octanol–water partition coefficient (Wildman–Crippen LogP) is 3.37. The lowest BCUT2D eigenvalue weighted by Crippen LogP contribution is -2.01. The van der Waals surface area contributed by atoms with Crippen molar-refractivity contribution in [1.82, 2.24) is 0 Å². The standard InChI is InChI=1S/C13H9F4N/c14-10-3-1-7(5-8(10)6-18)9-2-4-11(15)13(17)12(9)16/h1-5H,6,18H2. The smallest absolute Gasteiger partial charge is 0.195 e. The molecule has 2 rings (SSSR count). The van der Waals surface area contributed by atoms with Gasteiger partial charge in [0.1, 0.15) is 5.82 Å². The number of nitrogens with two attached hydrogens (primary N) is 1. The third-order valence-corrected chi connectivity index (χ3v) is 2.61. The highest BCUT2D eigenvalue weighted by Crippen LogP contribution is 2.27. The van der Waals surface area contributed by atoms with Gasteiger partial charge in [0.2, 0.25) is 0 Å². The summed E-state index contributed by atoms with van der Waals surface area (Å²) >= 11 is 0. The fraction of sp³-hybridized carbons (Fsp3) is 0.0769. The van der Waals surface area contributed by atoms with Gasteiger partial charge in [0.15, 0.2) is 17.5 Å². The van der Waals surface area contributed by atoms with Crippen LogP contribution < -0.4 is 5.73 Å². The van der Waals surface area contributed by atoms with E-state index >= 15 is 0 Å². The fourth-order valence-corrected chi connectivity index (χ4v) is 1.65. The van der Waals surface area contributed by atoms with Crippen molar-refractivity contribution in [2.24, 2.45) is 5.73 Å². The zero-order valence-corrected chi connectivity index (χ0v) is 9.18. The van der Waals surface area contributed by atoms with E-state index in [4.69, 9.17) is 5.73 Å². The Hall–Kier alpha value is -1.88. The van der Waals surface area contributed by atoms with Crippen molar-refractivity contribution in [3.63, 3.8) is 0 Å². The Bertz CT molecular complexity index is 596. The molecule has 0 saturated carbocycles. The second-order valence-corrected chi connectivity index (χ2v) is 3.73. The van der Waals surface area contributed by atoms with Gasteiger partial charge in [-0.25, -0.2) is 17.6 Å². The van der Waals surface area contributed by atoms with Crippen LogP contribution in [0.15, 0.2) is 30.3 Å². The van der Waals surface area contributed by atoms with Crippen molar-refractivity contribution in [1.29, 1.82) is 0 Å². The minimum atomic E-state index is -1.55. The zero-order chi connectivity index (χ0) is 13.3. The normalized spacial score (nSPS) is 10.7. The van der Waals surface area contributed by atoms with Gasteiger partial charge in [0.25, 0.3) is 0 Å². The molecule has 0 radical (unpaired) electrons. The average molecular weight is 255 g/mol. The maximum absolute atomic E-state index is 13.5. The molecule has 18 heavy (non-hydrogen) atoms. The number of benzene rings is 2. The summed E-state index contributed by atoms with van der Waals surface area (Å²) in [5.74, 6) is -4.64. The monoisotopic (exact) mass is 255 g/mol. The molecule has 0 aliphatic rings. The molecule has 0 aliphatic heterocycles. The molecule has 1 nitrogen and oxygen atoms in total. The largest absolute Gasteiger partial charge is 0.326 e. The molecule has 0 fully saturated rings. The molecular formula is C13H9F4N. The molecular weight excluding hydrogens is 246 g/mol. The van der Waals surface area contributed by atoms with Crippen LogP contribution >= 0.6 is 0 Å². The highest BCUT2D eigenvalue weighted by molar-refractivity contribution is 5.65. The van der Waals surface area contributed by atoms with Crippen molar-refractivity contribution in [2.75, 3.05) is 0 Å². The van der Waals surface area contributed by atoms with Crippen molar-refractivity contribution in [3.05, 3.63) is 59.2 Å². The van der Waals surface area contributed by atoms with E-state index in [-0.39, 0.29) is 23.2 Å². The topological polar surface area (TPSA) is 26.0 Å². The summed E-state index contributed by atoms with van der Waals surface area (Å²) in [6, 6.07) is 5.62. The van der Waals surface area contributed by atoms with Crippen molar-refractivity contribution in [2.45, 2.75) is 6.54 Å². The van der Waals surface area contributed by atoms with Gasteiger partial charge in [-0.2, -0.15) is 0 Å². The van der Waals surface area contributed by atoms with Crippen LogP contribution in [0, 0.1) is 23.3 Å². The molecule has 2 N–H and O–H groups in total. The molecule has 5 heteroatoms. The predicted molar refractivity (Wildman–Crippen MR) is 59.6 cm³/mol. The van der Waals surface area contributed by atoms with E-state index in [1.165, 1.54) is 12.1 Å². The summed E-state index contributed by atoms with van der Waals surface area (Å²) in [5, 5.41) is 0. The van der Waals surface area contributed by atoms with Crippen LogP contribution in [-0.4, -0.2) is 0 Å². The lowest BCUT2D eigenvalue weighted by molar-refractivity contribution is 0.449. The molecule has 0 bridgehead atoms. The van der Waals surface area contributed by atoms with E-state index in [0.717, 1.165) is 18.2 Å². The quantitative estimate of drug-likeness (QED) is 0.646. The van der Waals surface area contributed by atoms with E-state index in [9.17, 15) is 17.6 Å². The molecule has 2 aromatic carbocycles. The lowest BCUT2D eigenvalue weighted by atomic mass is 10.0. The van der Waals surface area contributed by atoms with Crippen LogP contribution in [0.4, 0.5) is 17.6 Å². The summed E-state index contributed by atoms with van der Waals surface area (Å²) in [6.07, 6.45) is 0. The zero-order valence-electron chi connectivity index (χ0n) is 9.18. The maximum Gasteiger partial charge on any atom is 0.195 e. The Balaban J connectivity index is 2.59. The van der Waals surface area contributed by atoms with Crippen LogP contribution in [0.5, 0.6) is 0 Å². The van der Waals surface area contributed by atoms with E-state index in [0.29, 0.717) is 0 Å². The Labute approximate surface area is 101 Å². The summed E-state index contributed by atoms with van der Waals surface area (Å²) in [4.78, 5) is 0. The average Bonchev–Trinajstić information content (AvgIpc) is 2.37. The summed E-state index contributed by atoms with van der Waals surface area (Å²) in [7, 11) is 0. The number of halogens is 4. The molecule has 0 unspecified atom stereocenters. The van der Waals surface area contributed by atoms with Gasteiger partial charge in [-0.15, -0.1) is 0 Å². The van der Waals surface area contributed by atoms with Gasteiger partial charge in [-0.1, -0.05) is 6.07 Å². The van der Waals surface area contributed by atoms with E-state index < -0.39 is 23.3 Å². The molecule has 2 aromatic rings. The van der Waals surface area contributed by atoms with Gasteiger partial charge >= 0.3 is 0 Å². The lowest BCUT2D eigenvalue weighted by Gasteiger charge is -2.07.